The zero-order valence-electron chi connectivity index (χ0n) is 12.6. The van der Waals surface area contributed by atoms with Crippen molar-refractivity contribution in [1.29, 1.82) is 0 Å². The van der Waals surface area contributed by atoms with Crippen LogP contribution in [0.2, 0.25) is 0 Å². The first kappa shape index (κ1) is 16.7. The summed E-state index contributed by atoms with van der Waals surface area (Å²) in [6, 6.07) is 4.93. The third-order valence-corrected chi connectivity index (χ3v) is 6.23. The molecule has 5 nitrogen and oxygen atoms in total. The predicted molar refractivity (Wildman–Crippen MR) is 88.6 cm³/mol. The summed E-state index contributed by atoms with van der Waals surface area (Å²) < 4.78 is 27.7. The average Bonchev–Trinajstić information content (AvgIpc) is 2.40. The summed E-state index contributed by atoms with van der Waals surface area (Å²) in [5, 5.41) is 0. The van der Waals surface area contributed by atoms with Crippen molar-refractivity contribution in [3.63, 3.8) is 0 Å². The van der Waals surface area contributed by atoms with Crippen molar-refractivity contribution in [3.05, 3.63) is 22.7 Å². The molecular weight excluding hydrogens is 354 g/mol. The zero-order valence-corrected chi connectivity index (χ0v) is 15.0. The van der Waals surface area contributed by atoms with Gasteiger partial charge in [0.15, 0.2) is 0 Å². The van der Waals surface area contributed by atoms with Gasteiger partial charge in [-0.2, -0.15) is 4.31 Å². The number of benzene rings is 1. The molecular formula is C14H22BrN3O2S. The molecule has 2 N–H and O–H groups in total. The first-order valence-electron chi connectivity index (χ1n) is 6.92. The van der Waals surface area contributed by atoms with Crippen LogP contribution in [0.1, 0.15) is 20.8 Å². The van der Waals surface area contributed by atoms with Crippen LogP contribution >= 0.6 is 15.9 Å². The van der Waals surface area contributed by atoms with Crippen LogP contribution in [0, 0.1) is 0 Å². The molecule has 0 atom stereocenters. The molecule has 1 aliphatic heterocycles. The second-order valence-electron chi connectivity index (χ2n) is 6.24. The monoisotopic (exact) mass is 375 g/mol. The highest BCUT2D eigenvalue weighted by molar-refractivity contribution is 9.10. The van der Waals surface area contributed by atoms with Gasteiger partial charge in [-0.3, -0.25) is 4.90 Å². The number of anilines is 1. The van der Waals surface area contributed by atoms with E-state index < -0.39 is 10.0 Å². The van der Waals surface area contributed by atoms with Gasteiger partial charge in [-0.15, -0.1) is 0 Å². The molecule has 0 saturated carbocycles. The van der Waals surface area contributed by atoms with Crippen LogP contribution in [0.5, 0.6) is 0 Å². The maximum Gasteiger partial charge on any atom is 0.245 e. The lowest BCUT2D eigenvalue weighted by molar-refractivity contribution is 0.0922. The van der Waals surface area contributed by atoms with E-state index in [1.807, 2.05) is 0 Å². The second kappa shape index (κ2) is 5.87. The fourth-order valence-electron chi connectivity index (χ4n) is 2.47. The highest BCUT2D eigenvalue weighted by Gasteiger charge is 2.33. The molecule has 1 fully saturated rings. The maximum atomic E-state index is 12.7. The number of nitrogens with two attached hydrogens (primary N) is 1. The minimum atomic E-state index is -3.53. The Bertz CT molecular complexity index is 618. The third kappa shape index (κ3) is 3.59. The number of hydrogen-bond acceptors (Lipinski definition) is 4. The summed E-state index contributed by atoms with van der Waals surface area (Å²) in [6.07, 6.45) is 0. The van der Waals surface area contributed by atoms with E-state index in [1.54, 1.807) is 18.2 Å². The first-order valence-corrected chi connectivity index (χ1v) is 9.16. The Balaban J connectivity index is 2.21. The zero-order chi connectivity index (χ0) is 15.8. The lowest BCUT2D eigenvalue weighted by Gasteiger charge is -2.41. The van der Waals surface area contributed by atoms with Gasteiger partial charge in [0.2, 0.25) is 10.0 Å². The fourth-order valence-corrected chi connectivity index (χ4v) is 4.55. The molecule has 1 aromatic rings. The van der Waals surface area contributed by atoms with Crippen LogP contribution in [0.3, 0.4) is 0 Å². The number of halogens is 1. The first-order chi connectivity index (χ1) is 9.62. The van der Waals surface area contributed by atoms with Crippen LogP contribution in [0.25, 0.3) is 0 Å². The quantitative estimate of drug-likeness (QED) is 0.804. The van der Waals surface area contributed by atoms with Gasteiger partial charge in [-0.1, -0.05) is 15.9 Å². The molecule has 118 valence electrons. The van der Waals surface area contributed by atoms with Gasteiger partial charge in [-0.25, -0.2) is 8.42 Å². The normalized spacial score (nSPS) is 18.9. The topological polar surface area (TPSA) is 66.6 Å². The van der Waals surface area contributed by atoms with E-state index >= 15 is 0 Å². The van der Waals surface area contributed by atoms with E-state index in [-0.39, 0.29) is 16.1 Å². The highest BCUT2D eigenvalue weighted by Crippen LogP contribution is 2.27. The van der Waals surface area contributed by atoms with Crippen molar-refractivity contribution in [2.75, 3.05) is 31.9 Å². The minimum absolute atomic E-state index is 0.0602. The summed E-state index contributed by atoms with van der Waals surface area (Å²) >= 11 is 3.30. The Hall–Kier alpha value is -0.630. The van der Waals surface area contributed by atoms with E-state index in [0.29, 0.717) is 17.6 Å². The van der Waals surface area contributed by atoms with Crippen LogP contribution in [-0.2, 0) is 10.0 Å². The van der Waals surface area contributed by atoms with Crippen LogP contribution < -0.4 is 5.73 Å². The molecule has 0 aliphatic carbocycles. The number of nitrogens with zero attached hydrogens (tertiary/aromatic N) is 2. The Morgan fingerprint density at radius 3 is 2.24 bits per heavy atom. The van der Waals surface area contributed by atoms with Gasteiger partial charge in [0.1, 0.15) is 4.90 Å². The molecule has 0 amide bonds. The van der Waals surface area contributed by atoms with Crippen LogP contribution in [0.15, 0.2) is 27.6 Å². The van der Waals surface area contributed by atoms with E-state index in [4.69, 9.17) is 5.73 Å². The second-order valence-corrected chi connectivity index (χ2v) is 9.07. The SMILES string of the molecule is CC(C)(C)N1CCN(S(=O)(=O)c2cc(Br)ccc2N)CC1. The van der Waals surface area contributed by atoms with Crippen LogP contribution in [0.4, 0.5) is 5.69 Å². The van der Waals surface area contributed by atoms with Crippen molar-refractivity contribution >= 4 is 31.6 Å². The standard InChI is InChI=1S/C14H22BrN3O2S/c1-14(2,3)17-6-8-18(9-7-17)21(19,20)13-10-11(15)4-5-12(13)16/h4-5,10H,6-9,16H2,1-3H3. The van der Waals surface area contributed by atoms with E-state index in [2.05, 4.69) is 41.6 Å². The molecule has 0 aromatic heterocycles. The summed E-state index contributed by atoms with van der Waals surface area (Å²) in [4.78, 5) is 2.48. The number of rotatable bonds is 2. The lowest BCUT2D eigenvalue weighted by Crippen LogP contribution is -2.54. The van der Waals surface area contributed by atoms with Crippen molar-refractivity contribution in [2.24, 2.45) is 0 Å². The molecule has 1 saturated heterocycles. The highest BCUT2D eigenvalue weighted by atomic mass is 79.9. The third-order valence-electron chi connectivity index (χ3n) is 3.78. The molecule has 1 aromatic carbocycles. The molecule has 1 aliphatic rings. The van der Waals surface area contributed by atoms with Gasteiger partial charge < -0.3 is 5.73 Å². The average molecular weight is 376 g/mol. The maximum absolute atomic E-state index is 12.7. The van der Waals surface area contributed by atoms with Gasteiger partial charge in [0.25, 0.3) is 0 Å². The van der Waals surface area contributed by atoms with Crippen LogP contribution in [-0.4, -0.2) is 49.3 Å². The summed E-state index contributed by atoms with van der Waals surface area (Å²) in [5.41, 5.74) is 6.19. The van der Waals surface area contributed by atoms with Gasteiger partial charge in [0, 0.05) is 36.2 Å². The molecule has 0 bridgehead atoms. The Labute approximate surface area is 135 Å². The summed E-state index contributed by atoms with van der Waals surface area (Å²) in [5.74, 6) is 0. The molecule has 7 heteroatoms. The number of hydrogen-bond donors (Lipinski definition) is 1. The fraction of sp³-hybridized carbons (Fsp3) is 0.571. The van der Waals surface area contributed by atoms with Gasteiger partial charge in [0.05, 0.1) is 5.69 Å². The predicted octanol–water partition coefficient (Wildman–Crippen LogP) is 2.14. The Morgan fingerprint density at radius 1 is 1.14 bits per heavy atom. The van der Waals surface area contributed by atoms with Gasteiger partial charge in [-0.05, 0) is 39.0 Å². The van der Waals surface area contributed by atoms with E-state index in [9.17, 15) is 8.42 Å². The molecule has 1 heterocycles. The Kier molecular flexibility index (Phi) is 4.68. The lowest BCUT2D eigenvalue weighted by atomic mass is 10.1. The van der Waals surface area contributed by atoms with E-state index in [1.165, 1.54) is 4.31 Å². The van der Waals surface area contributed by atoms with Crippen molar-refractivity contribution in [3.8, 4) is 0 Å². The summed E-state index contributed by atoms with van der Waals surface area (Å²) in [7, 11) is -3.53. The molecule has 0 unspecified atom stereocenters. The minimum Gasteiger partial charge on any atom is -0.398 e. The largest absolute Gasteiger partial charge is 0.398 e. The summed E-state index contributed by atoms with van der Waals surface area (Å²) in [6.45, 7) is 8.88. The number of piperazine rings is 1. The Morgan fingerprint density at radius 2 is 1.71 bits per heavy atom. The van der Waals surface area contributed by atoms with Crippen molar-refractivity contribution in [2.45, 2.75) is 31.2 Å². The van der Waals surface area contributed by atoms with Gasteiger partial charge >= 0.3 is 0 Å². The van der Waals surface area contributed by atoms with Crippen molar-refractivity contribution < 1.29 is 8.42 Å². The molecule has 0 spiro atoms. The molecule has 0 radical (unpaired) electrons. The molecule has 2 rings (SSSR count). The number of sulfonamides is 1. The van der Waals surface area contributed by atoms with E-state index in [0.717, 1.165) is 13.1 Å². The molecule has 21 heavy (non-hydrogen) atoms. The van der Waals surface area contributed by atoms with Crippen molar-refractivity contribution in [1.82, 2.24) is 9.21 Å². The number of nitrogen functional groups attached to an aromatic ring is 1. The smallest absolute Gasteiger partial charge is 0.245 e.